The molecular weight excluding hydrogens is 316 g/mol. The molecule has 1 aromatic rings. The molecule has 1 fully saturated rings. The van der Waals surface area contributed by atoms with Gasteiger partial charge in [-0.25, -0.2) is 6.57 Å². The normalized spacial score (nSPS) is 29.7. The molecule has 1 heterocycles. The largest absolute Gasteiger partial charge is 0.394 e. The summed E-state index contributed by atoms with van der Waals surface area (Å²) in [6, 6.07) is 5.76. The highest BCUT2D eigenvalue weighted by atomic mass is 16.6. The van der Waals surface area contributed by atoms with Crippen molar-refractivity contribution in [3.8, 4) is 0 Å². The average Bonchev–Trinajstić information content (AvgIpc) is 2.57. The maximum absolute atomic E-state index is 12.1. The fourth-order valence-electron chi connectivity index (χ4n) is 2.53. The summed E-state index contributed by atoms with van der Waals surface area (Å²) < 4.78 is 4.98. The molecule has 5 N–H and O–H groups in total. The third-order valence-electron chi connectivity index (χ3n) is 3.88. The van der Waals surface area contributed by atoms with E-state index >= 15 is 0 Å². The number of rotatable bonds is 5. The van der Waals surface area contributed by atoms with Crippen LogP contribution >= 0.6 is 0 Å². The van der Waals surface area contributed by atoms with E-state index in [1.54, 1.807) is 24.3 Å². The van der Waals surface area contributed by atoms with Gasteiger partial charge in [0.25, 0.3) is 0 Å². The quantitative estimate of drug-likeness (QED) is 0.420. The number of aliphatic hydroxyl groups excluding tert-OH is 4. The molecule has 0 bridgehead atoms. The Bertz CT molecular complexity index is 600. The van der Waals surface area contributed by atoms with Crippen LogP contribution in [0.2, 0.25) is 0 Å². The zero-order valence-electron chi connectivity index (χ0n) is 12.9. The van der Waals surface area contributed by atoms with Crippen LogP contribution in [0.25, 0.3) is 4.85 Å². The standard InChI is InChI=1S/C16H20N2O6/c1-17-7-10-4-2-9(3-5-10)6-12(20)18-13-15(22)14(21)11(8-19)24-16(13)23/h2-5,11,13-16,19,21-23H,6-8H2,(H,18,20). The Morgan fingerprint density at radius 2 is 1.79 bits per heavy atom. The molecule has 5 unspecified atom stereocenters. The van der Waals surface area contributed by atoms with Crippen molar-refractivity contribution in [2.45, 2.75) is 43.6 Å². The van der Waals surface area contributed by atoms with E-state index in [0.717, 1.165) is 5.56 Å². The highest BCUT2D eigenvalue weighted by Crippen LogP contribution is 2.20. The summed E-state index contributed by atoms with van der Waals surface area (Å²) in [6.45, 7) is 6.51. The number of carbonyl (C=O) groups is 1. The molecule has 1 aliphatic rings. The number of hydrogen-bond acceptors (Lipinski definition) is 6. The Morgan fingerprint density at radius 3 is 2.38 bits per heavy atom. The maximum Gasteiger partial charge on any atom is 0.239 e. The van der Waals surface area contributed by atoms with Gasteiger partial charge in [0.2, 0.25) is 12.5 Å². The van der Waals surface area contributed by atoms with Gasteiger partial charge in [-0.15, -0.1) is 0 Å². The number of nitrogens with zero attached hydrogens (tertiary/aromatic N) is 1. The Hall–Kier alpha value is -2.02. The first kappa shape index (κ1) is 18.3. The Labute approximate surface area is 139 Å². The first-order chi connectivity index (χ1) is 11.5. The molecule has 0 aromatic heterocycles. The Balaban J connectivity index is 1.95. The van der Waals surface area contributed by atoms with Crippen molar-refractivity contribution in [1.82, 2.24) is 5.32 Å². The minimum atomic E-state index is -1.54. The minimum absolute atomic E-state index is 0.00770. The van der Waals surface area contributed by atoms with Gasteiger partial charge in [0.1, 0.15) is 24.4 Å². The zero-order valence-corrected chi connectivity index (χ0v) is 12.9. The van der Waals surface area contributed by atoms with E-state index in [0.29, 0.717) is 5.56 Å². The third-order valence-corrected chi connectivity index (χ3v) is 3.88. The van der Waals surface area contributed by atoms with Crippen molar-refractivity contribution in [3.63, 3.8) is 0 Å². The highest BCUT2D eigenvalue weighted by molar-refractivity contribution is 5.79. The molecular formula is C16H20N2O6. The lowest BCUT2D eigenvalue weighted by Gasteiger charge is -2.40. The van der Waals surface area contributed by atoms with Crippen LogP contribution in [0.4, 0.5) is 0 Å². The number of benzene rings is 1. The summed E-state index contributed by atoms with van der Waals surface area (Å²) in [5, 5.41) is 41.0. The third kappa shape index (κ3) is 4.29. The first-order valence-corrected chi connectivity index (χ1v) is 7.47. The molecule has 1 saturated heterocycles. The molecule has 0 aliphatic carbocycles. The van der Waals surface area contributed by atoms with E-state index in [1.807, 2.05) is 0 Å². The van der Waals surface area contributed by atoms with Crippen LogP contribution in [0.15, 0.2) is 24.3 Å². The highest BCUT2D eigenvalue weighted by Gasteiger charge is 2.44. The van der Waals surface area contributed by atoms with Crippen molar-refractivity contribution < 1.29 is 30.0 Å². The summed E-state index contributed by atoms with van der Waals surface area (Å²) in [7, 11) is 0. The lowest BCUT2D eigenvalue weighted by Crippen LogP contribution is -2.64. The SMILES string of the molecule is [C-]#[N+]Cc1ccc(CC(=O)NC2C(O)OC(CO)C(O)C2O)cc1. The van der Waals surface area contributed by atoms with Crippen molar-refractivity contribution in [1.29, 1.82) is 0 Å². The molecule has 0 radical (unpaired) electrons. The molecule has 0 saturated carbocycles. The lowest BCUT2D eigenvalue weighted by molar-refractivity contribution is -0.253. The van der Waals surface area contributed by atoms with E-state index < -0.39 is 43.2 Å². The van der Waals surface area contributed by atoms with Crippen molar-refractivity contribution in [2.24, 2.45) is 0 Å². The summed E-state index contributed by atoms with van der Waals surface area (Å²) >= 11 is 0. The van der Waals surface area contributed by atoms with Crippen molar-refractivity contribution in [3.05, 3.63) is 46.8 Å². The van der Waals surface area contributed by atoms with Gasteiger partial charge >= 0.3 is 0 Å². The number of hydrogen-bond donors (Lipinski definition) is 5. The minimum Gasteiger partial charge on any atom is -0.394 e. The number of carbonyl (C=O) groups excluding carboxylic acids is 1. The van der Waals surface area contributed by atoms with Gasteiger partial charge in [-0.05, 0) is 5.56 Å². The number of nitrogens with one attached hydrogen (secondary N) is 1. The van der Waals surface area contributed by atoms with Gasteiger partial charge in [0, 0.05) is 5.56 Å². The predicted octanol–water partition coefficient (Wildman–Crippen LogP) is -1.44. The fourth-order valence-corrected chi connectivity index (χ4v) is 2.53. The summed E-state index contributed by atoms with van der Waals surface area (Å²) in [6.07, 6.45) is -5.52. The maximum atomic E-state index is 12.1. The average molecular weight is 336 g/mol. The van der Waals surface area contributed by atoms with Gasteiger partial charge in [-0.1, -0.05) is 24.3 Å². The molecule has 2 rings (SSSR count). The molecule has 5 atom stereocenters. The number of amides is 1. The molecule has 8 nitrogen and oxygen atoms in total. The van der Waals surface area contributed by atoms with Gasteiger partial charge in [-0.3, -0.25) is 4.79 Å². The van der Waals surface area contributed by atoms with E-state index in [2.05, 4.69) is 10.2 Å². The molecule has 24 heavy (non-hydrogen) atoms. The second-order valence-electron chi connectivity index (χ2n) is 5.63. The van der Waals surface area contributed by atoms with Crippen LogP contribution in [-0.2, 0) is 22.5 Å². The topological polar surface area (TPSA) is 124 Å². The molecule has 8 heteroatoms. The second-order valence-corrected chi connectivity index (χ2v) is 5.63. The Kier molecular flexibility index (Phi) is 6.25. The van der Waals surface area contributed by atoms with Gasteiger partial charge in [0.05, 0.1) is 13.0 Å². The summed E-state index contributed by atoms with van der Waals surface area (Å²) in [5.74, 6) is -0.464. The Morgan fingerprint density at radius 1 is 1.17 bits per heavy atom. The monoisotopic (exact) mass is 336 g/mol. The van der Waals surface area contributed by atoms with Crippen LogP contribution < -0.4 is 5.32 Å². The summed E-state index contributed by atoms with van der Waals surface area (Å²) in [4.78, 5) is 15.3. The van der Waals surface area contributed by atoms with Crippen LogP contribution in [0, 0.1) is 6.57 Å². The lowest BCUT2D eigenvalue weighted by atomic mass is 9.97. The zero-order chi connectivity index (χ0) is 17.7. The molecule has 130 valence electrons. The van der Waals surface area contributed by atoms with Crippen LogP contribution in [0.1, 0.15) is 11.1 Å². The second kappa shape index (κ2) is 8.19. The predicted molar refractivity (Wildman–Crippen MR) is 82.4 cm³/mol. The van der Waals surface area contributed by atoms with E-state index in [-0.39, 0.29) is 13.0 Å². The van der Waals surface area contributed by atoms with E-state index in [1.165, 1.54) is 0 Å². The first-order valence-electron chi connectivity index (χ1n) is 7.47. The fraction of sp³-hybridized carbons (Fsp3) is 0.500. The number of aliphatic hydroxyl groups is 4. The van der Waals surface area contributed by atoms with Crippen LogP contribution in [0.5, 0.6) is 0 Å². The van der Waals surface area contributed by atoms with E-state index in [4.69, 9.17) is 16.4 Å². The van der Waals surface area contributed by atoms with Crippen molar-refractivity contribution in [2.75, 3.05) is 6.61 Å². The molecule has 1 aliphatic heterocycles. The van der Waals surface area contributed by atoms with Crippen molar-refractivity contribution >= 4 is 5.91 Å². The number of ether oxygens (including phenoxy) is 1. The molecule has 0 spiro atoms. The van der Waals surface area contributed by atoms with E-state index in [9.17, 15) is 20.1 Å². The molecule has 1 aromatic carbocycles. The van der Waals surface area contributed by atoms with Gasteiger partial charge in [-0.2, -0.15) is 0 Å². The smallest absolute Gasteiger partial charge is 0.239 e. The molecule has 1 amide bonds. The van der Waals surface area contributed by atoms with Gasteiger partial charge < -0.3 is 35.3 Å². The van der Waals surface area contributed by atoms with Crippen LogP contribution in [-0.4, -0.2) is 63.6 Å². The van der Waals surface area contributed by atoms with Crippen LogP contribution in [0.3, 0.4) is 0 Å². The summed E-state index contributed by atoms with van der Waals surface area (Å²) in [5.41, 5.74) is 1.55. The van der Waals surface area contributed by atoms with Gasteiger partial charge in [0.15, 0.2) is 6.29 Å².